The van der Waals surface area contributed by atoms with Crippen LogP contribution in [0.3, 0.4) is 0 Å². The van der Waals surface area contributed by atoms with Crippen molar-refractivity contribution in [2.24, 2.45) is 11.7 Å². The molecule has 3 rings (SSSR count). The molecular weight excluding hydrogens is 314 g/mol. The van der Waals surface area contributed by atoms with Crippen LogP contribution in [0.15, 0.2) is 22.8 Å². The van der Waals surface area contributed by atoms with Crippen molar-refractivity contribution in [3.05, 3.63) is 23.2 Å². The van der Waals surface area contributed by atoms with Gasteiger partial charge in [0, 0.05) is 25.6 Å². The van der Waals surface area contributed by atoms with Crippen LogP contribution in [0.25, 0.3) is 11.6 Å². The Morgan fingerprint density at radius 2 is 2.22 bits per heavy atom. The average molecular weight is 335 g/mol. The van der Waals surface area contributed by atoms with Crippen LogP contribution in [0.5, 0.6) is 0 Å². The number of aromatic nitrogens is 3. The molecule has 1 aliphatic heterocycles. The van der Waals surface area contributed by atoms with E-state index in [1.807, 2.05) is 28.3 Å². The molecule has 23 heavy (non-hydrogen) atoms. The number of amides is 1. The normalized spacial score (nSPS) is 16.7. The smallest absolute Gasteiger partial charge is 0.220 e. The number of carbonyl (C=O) groups excluding carboxylic acids is 1. The van der Waals surface area contributed by atoms with Crippen LogP contribution in [0.4, 0.5) is 0 Å². The number of nitrogens with two attached hydrogens (primary N) is 1. The van der Waals surface area contributed by atoms with E-state index in [1.165, 1.54) is 0 Å². The molecule has 3 heterocycles. The number of primary amides is 1. The fourth-order valence-electron chi connectivity index (χ4n) is 2.95. The highest BCUT2D eigenvalue weighted by Crippen LogP contribution is 2.20. The van der Waals surface area contributed by atoms with Gasteiger partial charge in [0.25, 0.3) is 0 Å². The molecule has 0 saturated carbocycles. The van der Waals surface area contributed by atoms with Gasteiger partial charge in [-0.05, 0) is 44.1 Å². The second-order valence-electron chi connectivity index (χ2n) is 5.76. The fraction of sp³-hybridized carbons (Fsp3) is 0.533. The lowest BCUT2D eigenvalue weighted by Gasteiger charge is -2.29. The summed E-state index contributed by atoms with van der Waals surface area (Å²) in [5.41, 5.74) is 5.38. The number of carbonyl (C=O) groups is 1. The van der Waals surface area contributed by atoms with E-state index in [4.69, 9.17) is 22.4 Å². The molecule has 1 aliphatic rings. The molecule has 0 aliphatic carbocycles. The van der Waals surface area contributed by atoms with Crippen molar-refractivity contribution in [3.63, 3.8) is 0 Å². The van der Waals surface area contributed by atoms with Crippen LogP contribution in [-0.2, 0) is 18.0 Å². The van der Waals surface area contributed by atoms with Gasteiger partial charge in [-0.25, -0.2) is 4.68 Å². The van der Waals surface area contributed by atoms with Gasteiger partial charge in [0.2, 0.25) is 5.91 Å². The number of nitrogens with zero attached hydrogens (tertiary/aromatic N) is 4. The zero-order valence-electron chi connectivity index (χ0n) is 13.1. The van der Waals surface area contributed by atoms with E-state index >= 15 is 0 Å². The minimum absolute atomic E-state index is 0.00824. The minimum Gasteiger partial charge on any atom is -0.461 e. The first-order valence-corrected chi connectivity index (χ1v) is 8.24. The third kappa shape index (κ3) is 3.23. The summed E-state index contributed by atoms with van der Waals surface area (Å²) in [7, 11) is 0. The second kappa shape index (κ2) is 6.67. The van der Waals surface area contributed by atoms with Gasteiger partial charge in [-0.3, -0.25) is 14.3 Å². The topological polar surface area (TPSA) is 82.2 Å². The van der Waals surface area contributed by atoms with Crippen molar-refractivity contribution < 1.29 is 9.21 Å². The minimum atomic E-state index is -0.198. The summed E-state index contributed by atoms with van der Waals surface area (Å²) in [6.07, 6.45) is 3.22. The summed E-state index contributed by atoms with van der Waals surface area (Å²) in [5.74, 6) is 1.25. The molecule has 8 heteroatoms. The summed E-state index contributed by atoms with van der Waals surface area (Å²) in [4.78, 5) is 13.5. The van der Waals surface area contributed by atoms with Crippen molar-refractivity contribution >= 4 is 18.1 Å². The van der Waals surface area contributed by atoms with E-state index in [-0.39, 0.29) is 11.8 Å². The van der Waals surface area contributed by atoms with Gasteiger partial charge >= 0.3 is 0 Å². The molecule has 0 atom stereocenters. The van der Waals surface area contributed by atoms with E-state index in [9.17, 15) is 4.79 Å². The van der Waals surface area contributed by atoms with Crippen molar-refractivity contribution in [1.29, 1.82) is 0 Å². The van der Waals surface area contributed by atoms with Crippen LogP contribution in [0.2, 0.25) is 0 Å². The van der Waals surface area contributed by atoms with Crippen molar-refractivity contribution in [1.82, 2.24) is 19.2 Å². The molecule has 2 aromatic rings. The zero-order chi connectivity index (χ0) is 16.4. The quantitative estimate of drug-likeness (QED) is 0.843. The summed E-state index contributed by atoms with van der Waals surface area (Å²) < 4.78 is 9.91. The Balaban J connectivity index is 1.77. The van der Waals surface area contributed by atoms with E-state index in [0.29, 0.717) is 17.2 Å². The third-order valence-electron chi connectivity index (χ3n) is 4.30. The standard InChI is InChI=1S/C15H21N5O2S/c1-2-19-14(12-4-3-9-22-12)17-20(15(19)23)10-18-7-5-11(6-8-18)13(16)21/h3-4,9,11H,2,5-8,10H2,1H3,(H2,16,21). The summed E-state index contributed by atoms with van der Waals surface area (Å²) in [6.45, 7) is 5.03. The Hall–Kier alpha value is -1.93. The van der Waals surface area contributed by atoms with Gasteiger partial charge in [0.05, 0.1) is 12.9 Å². The molecule has 0 unspecified atom stereocenters. The average Bonchev–Trinajstić information content (AvgIpc) is 3.16. The molecule has 0 bridgehead atoms. The third-order valence-corrected chi connectivity index (χ3v) is 4.74. The van der Waals surface area contributed by atoms with Gasteiger partial charge < -0.3 is 10.2 Å². The second-order valence-corrected chi connectivity index (χ2v) is 6.13. The number of piperidine rings is 1. The lowest BCUT2D eigenvalue weighted by molar-refractivity contribution is -0.123. The summed E-state index contributed by atoms with van der Waals surface area (Å²) in [5, 5.41) is 4.62. The molecular formula is C15H21N5O2S. The Morgan fingerprint density at radius 1 is 1.48 bits per heavy atom. The van der Waals surface area contributed by atoms with Crippen molar-refractivity contribution in [3.8, 4) is 11.6 Å². The molecule has 0 aromatic carbocycles. The Labute approximate surface area is 139 Å². The van der Waals surface area contributed by atoms with Gasteiger partial charge in [-0.15, -0.1) is 5.10 Å². The summed E-state index contributed by atoms with van der Waals surface area (Å²) in [6, 6.07) is 3.72. The zero-order valence-corrected chi connectivity index (χ0v) is 14.0. The predicted molar refractivity (Wildman–Crippen MR) is 87.9 cm³/mol. The first-order chi connectivity index (χ1) is 11.1. The van der Waals surface area contributed by atoms with Crippen LogP contribution < -0.4 is 5.73 Å². The highest BCUT2D eigenvalue weighted by Gasteiger charge is 2.24. The van der Waals surface area contributed by atoms with Crippen LogP contribution >= 0.6 is 12.2 Å². The molecule has 2 aromatic heterocycles. The number of furan rings is 1. The number of likely N-dealkylation sites (tertiary alicyclic amines) is 1. The lowest BCUT2D eigenvalue weighted by atomic mass is 9.97. The maximum absolute atomic E-state index is 11.2. The first kappa shape index (κ1) is 15.9. The number of hydrogen-bond acceptors (Lipinski definition) is 5. The summed E-state index contributed by atoms with van der Waals surface area (Å²) >= 11 is 5.54. The van der Waals surface area contributed by atoms with Crippen molar-refractivity contribution in [2.45, 2.75) is 33.0 Å². The number of rotatable bonds is 5. The van der Waals surface area contributed by atoms with E-state index in [1.54, 1.807) is 6.26 Å². The molecule has 7 nitrogen and oxygen atoms in total. The van der Waals surface area contributed by atoms with Crippen LogP contribution in [-0.4, -0.2) is 38.2 Å². The molecule has 0 radical (unpaired) electrons. The van der Waals surface area contributed by atoms with Gasteiger partial charge in [-0.2, -0.15) is 0 Å². The van der Waals surface area contributed by atoms with E-state index in [2.05, 4.69) is 10.00 Å². The fourth-order valence-corrected chi connectivity index (χ4v) is 3.27. The van der Waals surface area contributed by atoms with Gasteiger partial charge in [0.15, 0.2) is 16.4 Å². The van der Waals surface area contributed by atoms with Gasteiger partial charge in [0.1, 0.15) is 0 Å². The predicted octanol–water partition coefficient (Wildman–Crippen LogP) is 1.85. The van der Waals surface area contributed by atoms with Crippen LogP contribution in [0.1, 0.15) is 19.8 Å². The molecule has 1 fully saturated rings. The molecule has 1 saturated heterocycles. The SMILES string of the molecule is CCn1c(-c2ccco2)nn(CN2CCC(C(N)=O)CC2)c1=S. The Morgan fingerprint density at radius 3 is 2.78 bits per heavy atom. The Kier molecular flexibility index (Phi) is 4.63. The molecule has 2 N–H and O–H groups in total. The highest BCUT2D eigenvalue weighted by molar-refractivity contribution is 7.71. The Bertz CT molecular complexity index is 726. The van der Waals surface area contributed by atoms with Crippen LogP contribution in [0, 0.1) is 10.7 Å². The first-order valence-electron chi connectivity index (χ1n) is 7.83. The largest absolute Gasteiger partial charge is 0.461 e. The number of hydrogen-bond donors (Lipinski definition) is 1. The molecule has 124 valence electrons. The van der Waals surface area contributed by atoms with Crippen molar-refractivity contribution in [2.75, 3.05) is 13.1 Å². The maximum Gasteiger partial charge on any atom is 0.220 e. The van der Waals surface area contributed by atoms with E-state index in [0.717, 1.165) is 38.3 Å². The molecule has 0 spiro atoms. The highest BCUT2D eigenvalue weighted by atomic mass is 32.1. The maximum atomic E-state index is 11.2. The lowest BCUT2D eigenvalue weighted by Crippen LogP contribution is -2.39. The molecule has 1 amide bonds. The monoisotopic (exact) mass is 335 g/mol. The van der Waals surface area contributed by atoms with Gasteiger partial charge in [-0.1, -0.05) is 0 Å². The van der Waals surface area contributed by atoms with E-state index < -0.39 is 0 Å².